The van der Waals surface area contributed by atoms with E-state index < -0.39 is 0 Å². The molecule has 0 aliphatic heterocycles. The third-order valence-electron chi connectivity index (χ3n) is 17.4. The lowest BCUT2D eigenvalue weighted by Gasteiger charge is -2.25. The number of fused-ring (bicyclic) bond motifs is 12. The average molecular weight is 1070 g/mol. The number of nitrogens with zero attached hydrogens (tertiary/aromatic N) is 5. The standard InChI is InChI=1S/C79H49N5/c80-50-67-78(83-72-41-37-55(51-21-5-1-6-22-51)45-63(72)64-46-56(38-42-73(64)83)52-23-7-2-8-24-52)76(81-68-33-17-13-29-59(68)60-30-14-18-34-69(60)81)49-77(82-70-35-19-15-31-61(70)62-32-16-20-36-71(62)82)79(67)84-74-43-39-57(53-25-9-3-10-26-53)47-65(74)66-48-58(40-44-75(66)84)54-27-11-4-12-28-54/h1-49H. The molecule has 84 heavy (non-hydrogen) atoms. The van der Waals surface area contributed by atoms with Gasteiger partial charge < -0.3 is 18.3 Å². The first kappa shape index (κ1) is 47.4. The zero-order chi connectivity index (χ0) is 55.4. The molecule has 0 unspecified atom stereocenters. The van der Waals surface area contributed by atoms with Crippen molar-refractivity contribution in [2.24, 2.45) is 0 Å². The fourth-order valence-electron chi connectivity index (χ4n) is 13.7. The molecule has 0 bridgehead atoms. The monoisotopic (exact) mass is 1070 g/mol. The third kappa shape index (κ3) is 7.14. The molecular weight excluding hydrogens is 1020 g/mol. The van der Waals surface area contributed by atoms with Gasteiger partial charge in [0, 0.05) is 43.1 Å². The van der Waals surface area contributed by atoms with Gasteiger partial charge in [-0.05, 0) is 123 Å². The van der Waals surface area contributed by atoms with E-state index in [4.69, 9.17) is 0 Å². The van der Waals surface area contributed by atoms with Gasteiger partial charge in [-0.25, -0.2) is 0 Å². The van der Waals surface area contributed by atoms with Gasteiger partial charge in [-0.1, -0.05) is 218 Å². The Morgan fingerprint density at radius 1 is 0.202 bits per heavy atom. The molecule has 5 nitrogen and oxygen atoms in total. The first-order chi connectivity index (χ1) is 41.7. The van der Waals surface area contributed by atoms with E-state index in [1.165, 1.54) is 0 Å². The predicted octanol–water partition coefficient (Wildman–Crippen LogP) is 20.6. The SMILES string of the molecule is N#Cc1c(-n2c3ccc(-c4ccccc4)cc3c3cc(-c4ccccc4)ccc32)c(-n2c3ccccc3c3ccccc32)cc(-n2c3ccccc3c3ccccc32)c1-n1c2ccc(-c3ccccc3)cc2c2cc(-c3ccccc3)ccc21. The van der Waals surface area contributed by atoms with Crippen LogP contribution in [-0.4, -0.2) is 18.3 Å². The normalized spacial score (nSPS) is 11.8. The highest BCUT2D eigenvalue weighted by molar-refractivity contribution is 6.16. The molecule has 0 aliphatic rings. The average Bonchev–Trinajstić information content (AvgIpc) is 2.54. The van der Waals surface area contributed by atoms with E-state index in [-0.39, 0.29) is 0 Å². The van der Waals surface area contributed by atoms with Crippen LogP contribution in [-0.2, 0) is 0 Å². The van der Waals surface area contributed by atoms with Crippen LogP contribution in [0.5, 0.6) is 0 Å². The summed E-state index contributed by atoms with van der Waals surface area (Å²) in [7, 11) is 0. The summed E-state index contributed by atoms with van der Waals surface area (Å²) < 4.78 is 9.64. The molecule has 0 aliphatic carbocycles. The van der Waals surface area contributed by atoms with Crippen molar-refractivity contribution in [1.82, 2.24) is 18.3 Å². The minimum atomic E-state index is 0.530. The van der Waals surface area contributed by atoms with Crippen molar-refractivity contribution in [2.45, 2.75) is 0 Å². The van der Waals surface area contributed by atoms with Gasteiger partial charge in [-0.2, -0.15) is 5.26 Å². The maximum Gasteiger partial charge on any atom is 0.104 e. The Hall–Kier alpha value is -11.5. The number of rotatable bonds is 8. The minimum Gasteiger partial charge on any atom is -0.307 e. The number of benzene rings is 13. The molecule has 0 spiro atoms. The number of para-hydroxylation sites is 4. The van der Waals surface area contributed by atoms with Crippen molar-refractivity contribution in [2.75, 3.05) is 0 Å². The van der Waals surface area contributed by atoms with Crippen LogP contribution < -0.4 is 0 Å². The molecule has 0 radical (unpaired) electrons. The van der Waals surface area contributed by atoms with Gasteiger partial charge in [-0.3, -0.25) is 0 Å². The Kier molecular flexibility index (Phi) is 10.6. The Balaban J connectivity index is 1.10. The van der Waals surface area contributed by atoms with Crippen LogP contribution in [0, 0.1) is 11.3 Å². The van der Waals surface area contributed by atoms with Gasteiger partial charge in [0.15, 0.2) is 0 Å². The highest BCUT2D eigenvalue weighted by Crippen LogP contribution is 2.48. The molecule has 0 saturated carbocycles. The van der Waals surface area contributed by atoms with Crippen molar-refractivity contribution in [3.8, 4) is 73.3 Å². The number of aromatic nitrogens is 4. The molecular formula is C79H49N5. The fraction of sp³-hybridized carbons (Fsp3) is 0. The molecule has 0 N–H and O–H groups in total. The molecule has 13 aromatic carbocycles. The number of nitriles is 1. The molecule has 17 rings (SSSR count). The van der Waals surface area contributed by atoms with Gasteiger partial charge in [0.2, 0.25) is 0 Å². The second kappa shape index (κ2) is 18.8. The maximum atomic E-state index is 13.0. The Labute approximate surface area is 484 Å². The van der Waals surface area contributed by atoms with Crippen LogP contribution in [0.2, 0.25) is 0 Å². The van der Waals surface area contributed by atoms with Gasteiger partial charge in [0.05, 0.1) is 66.9 Å². The van der Waals surface area contributed by atoms with E-state index in [1.807, 2.05) is 0 Å². The van der Waals surface area contributed by atoms with E-state index in [1.54, 1.807) is 0 Å². The molecule has 0 atom stereocenters. The molecule has 0 saturated heterocycles. The van der Waals surface area contributed by atoms with Crippen LogP contribution >= 0.6 is 0 Å². The molecule has 0 fully saturated rings. The van der Waals surface area contributed by atoms with Crippen molar-refractivity contribution >= 4 is 87.2 Å². The van der Waals surface area contributed by atoms with Crippen molar-refractivity contribution in [3.05, 3.63) is 303 Å². The highest BCUT2D eigenvalue weighted by atomic mass is 15.1. The van der Waals surface area contributed by atoms with Crippen LogP contribution in [0.25, 0.3) is 154 Å². The van der Waals surface area contributed by atoms with Crippen LogP contribution in [0.1, 0.15) is 5.56 Å². The van der Waals surface area contributed by atoms with E-state index >= 15 is 0 Å². The minimum absolute atomic E-state index is 0.530. The summed E-state index contributed by atoms with van der Waals surface area (Å²) in [6.45, 7) is 0. The quantitative estimate of drug-likeness (QED) is 0.150. The van der Waals surface area contributed by atoms with E-state index in [0.717, 1.165) is 154 Å². The highest BCUT2D eigenvalue weighted by Gasteiger charge is 2.31. The largest absolute Gasteiger partial charge is 0.307 e. The molecule has 390 valence electrons. The van der Waals surface area contributed by atoms with Crippen molar-refractivity contribution < 1.29 is 0 Å². The summed E-state index contributed by atoms with van der Waals surface area (Å²) in [5.41, 5.74) is 21.0. The van der Waals surface area contributed by atoms with Gasteiger partial charge in [0.25, 0.3) is 0 Å². The second-order valence-corrected chi connectivity index (χ2v) is 21.9. The summed E-state index contributed by atoms with van der Waals surface area (Å²) in [6.07, 6.45) is 0. The number of hydrogen-bond donors (Lipinski definition) is 0. The topological polar surface area (TPSA) is 43.5 Å². The zero-order valence-corrected chi connectivity index (χ0v) is 45.5. The van der Waals surface area contributed by atoms with Gasteiger partial charge in [0.1, 0.15) is 11.6 Å². The van der Waals surface area contributed by atoms with E-state index in [2.05, 4.69) is 322 Å². The molecule has 17 aromatic rings. The van der Waals surface area contributed by atoms with Crippen LogP contribution in [0.15, 0.2) is 297 Å². The fourth-order valence-corrected chi connectivity index (χ4v) is 13.7. The smallest absolute Gasteiger partial charge is 0.104 e. The van der Waals surface area contributed by atoms with Crippen molar-refractivity contribution in [3.63, 3.8) is 0 Å². The summed E-state index contributed by atoms with van der Waals surface area (Å²) in [5, 5.41) is 21.9. The summed E-state index contributed by atoms with van der Waals surface area (Å²) in [6, 6.07) is 110. The lowest BCUT2D eigenvalue weighted by Crippen LogP contribution is -2.13. The molecule has 0 amide bonds. The third-order valence-corrected chi connectivity index (χ3v) is 17.4. The van der Waals surface area contributed by atoms with Gasteiger partial charge in [-0.15, -0.1) is 0 Å². The van der Waals surface area contributed by atoms with Crippen LogP contribution in [0.3, 0.4) is 0 Å². The van der Waals surface area contributed by atoms with E-state index in [0.29, 0.717) is 5.56 Å². The predicted molar refractivity (Wildman–Crippen MR) is 350 cm³/mol. The molecule has 4 aromatic heterocycles. The molecule has 4 heterocycles. The maximum absolute atomic E-state index is 13.0. The zero-order valence-electron chi connectivity index (χ0n) is 45.5. The van der Waals surface area contributed by atoms with Crippen LogP contribution in [0.4, 0.5) is 0 Å². The Bertz CT molecular complexity index is 4900. The summed E-state index contributed by atoms with van der Waals surface area (Å²) in [4.78, 5) is 0. The Morgan fingerprint density at radius 2 is 0.440 bits per heavy atom. The number of hydrogen-bond acceptors (Lipinski definition) is 1. The van der Waals surface area contributed by atoms with Gasteiger partial charge >= 0.3 is 0 Å². The first-order valence-corrected chi connectivity index (χ1v) is 28.6. The lowest BCUT2D eigenvalue weighted by molar-refractivity contribution is 1.03. The first-order valence-electron chi connectivity index (χ1n) is 28.6. The second-order valence-electron chi connectivity index (χ2n) is 21.9. The summed E-state index contributed by atoms with van der Waals surface area (Å²) >= 11 is 0. The molecule has 5 heteroatoms. The van der Waals surface area contributed by atoms with Crippen molar-refractivity contribution in [1.29, 1.82) is 5.26 Å². The van der Waals surface area contributed by atoms with E-state index in [9.17, 15) is 5.26 Å². The summed E-state index contributed by atoms with van der Waals surface area (Å²) in [5.74, 6) is 0. The lowest BCUT2D eigenvalue weighted by atomic mass is 10.0. The Morgan fingerprint density at radius 3 is 0.702 bits per heavy atom.